The number of rotatable bonds is 2. The van der Waals surface area contributed by atoms with E-state index in [9.17, 15) is 0 Å². The Labute approximate surface area is 154 Å². The first-order valence-corrected chi connectivity index (χ1v) is 11.1. The van der Waals surface area contributed by atoms with E-state index in [2.05, 4.69) is 36.2 Å². The van der Waals surface area contributed by atoms with Crippen molar-refractivity contribution >= 4 is 12.4 Å². The topological polar surface area (TPSA) is 3.24 Å². The molecule has 2 heteroatoms. The molecule has 3 heterocycles. The van der Waals surface area contributed by atoms with Crippen molar-refractivity contribution in [2.24, 2.45) is 5.92 Å². The van der Waals surface area contributed by atoms with Gasteiger partial charge >= 0.3 is 0 Å². The van der Waals surface area contributed by atoms with Gasteiger partial charge in [0.2, 0.25) is 0 Å². The van der Waals surface area contributed by atoms with Gasteiger partial charge < -0.3 is 4.90 Å². The molecule has 25 heavy (non-hydrogen) atoms. The average molecular weight is 335 g/mol. The number of hydrogen-bond acceptors (Lipinski definition) is 1. The molecule has 1 aromatic rings. The molecule has 1 atom stereocenters. The Hall–Kier alpha value is -0.915. The zero-order valence-electron chi connectivity index (χ0n) is 16.1. The summed E-state index contributed by atoms with van der Waals surface area (Å²) in [5.74, 6) is 2.93. The van der Waals surface area contributed by atoms with Crippen LogP contribution >= 0.6 is 0 Å². The second kappa shape index (κ2) is 6.36. The highest BCUT2D eigenvalue weighted by molar-refractivity contribution is 6.67. The minimum atomic E-state index is 0.431. The van der Waals surface area contributed by atoms with Gasteiger partial charge in [-0.1, -0.05) is 87.6 Å². The summed E-state index contributed by atoms with van der Waals surface area (Å²) in [7, 11) is 2.46. The standard InChI is InChI=1S/C23H34BN/c1-25-22-16-6-5-9-18(22)17-23(25,19-10-3-2-4-11-19)24-20-12-7-13-21(24)15-8-14-20/h5-6,9,16,19-21H,2-4,7-8,10-15,17H2,1H3. The maximum absolute atomic E-state index is 2.82. The van der Waals surface area contributed by atoms with Gasteiger partial charge in [-0.25, -0.2) is 0 Å². The van der Waals surface area contributed by atoms with Gasteiger partial charge in [-0.05, 0) is 36.8 Å². The number of anilines is 1. The van der Waals surface area contributed by atoms with Crippen LogP contribution in [0, 0.1) is 5.92 Å². The molecule has 0 N–H and O–H groups in total. The van der Waals surface area contributed by atoms with Crippen LogP contribution in [-0.2, 0) is 6.42 Å². The van der Waals surface area contributed by atoms with Gasteiger partial charge in [0.1, 0.15) is 0 Å². The van der Waals surface area contributed by atoms with Gasteiger partial charge in [0, 0.05) is 18.2 Å². The predicted octanol–water partition coefficient (Wildman–Crippen LogP) is 6.14. The Kier molecular flexibility index (Phi) is 4.14. The first kappa shape index (κ1) is 16.3. The zero-order valence-corrected chi connectivity index (χ0v) is 16.1. The fourth-order valence-electron chi connectivity index (χ4n) is 7.76. The van der Waals surface area contributed by atoms with Crippen molar-refractivity contribution in [3.05, 3.63) is 29.8 Å². The molecule has 0 aromatic heterocycles. The van der Waals surface area contributed by atoms with E-state index in [4.69, 9.17) is 0 Å². The molecule has 1 aliphatic carbocycles. The highest BCUT2D eigenvalue weighted by Crippen LogP contribution is 2.58. The smallest absolute Gasteiger partial charge is 0.178 e. The third kappa shape index (κ3) is 2.42. The van der Waals surface area contributed by atoms with Crippen LogP contribution < -0.4 is 4.90 Å². The first-order chi connectivity index (χ1) is 12.3. The van der Waals surface area contributed by atoms with E-state index in [1.54, 1.807) is 11.3 Å². The fraction of sp³-hybridized carbons (Fsp3) is 0.739. The molecule has 4 aliphatic rings. The summed E-state index contributed by atoms with van der Waals surface area (Å²) in [6.07, 6.45) is 17.8. The average Bonchev–Trinajstić information content (AvgIpc) is 2.96. The summed E-state index contributed by atoms with van der Waals surface area (Å²) in [4.78, 5) is 2.82. The fourth-order valence-corrected chi connectivity index (χ4v) is 7.76. The molecule has 1 aromatic carbocycles. The molecule has 0 spiro atoms. The van der Waals surface area contributed by atoms with Crippen LogP contribution in [0.2, 0.25) is 11.6 Å². The molecule has 134 valence electrons. The molecular formula is C23H34BN. The monoisotopic (exact) mass is 335 g/mol. The molecule has 1 saturated carbocycles. The number of benzene rings is 1. The third-order valence-electron chi connectivity index (χ3n) is 8.66. The number of fused-ring (bicyclic) bond motifs is 3. The molecule has 3 fully saturated rings. The van der Waals surface area contributed by atoms with Crippen LogP contribution in [0.4, 0.5) is 5.69 Å². The molecule has 1 nitrogen and oxygen atoms in total. The van der Waals surface area contributed by atoms with Gasteiger partial charge in [-0.2, -0.15) is 0 Å². The van der Waals surface area contributed by atoms with E-state index in [0.717, 1.165) is 24.3 Å². The van der Waals surface area contributed by atoms with E-state index >= 15 is 0 Å². The van der Waals surface area contributed by atoms with Gasteiger partial charge in [-0.3, -0.25) is 0 Å². The second-order valence-corrected chi connectivity index (χ2v) is 9.60. The Morgan fingerprint density at radius 1 is 0.840 bits per heavy atom. The van der Waals surface area contributed by atoms with Crippen molar-refractivity contribution in [1.29, 1.82) is 0 Å². The van der Waals surface area contributed by atoms with Crippen LogP contribution in [0.3, 0.4) is 0 Å². The van der Waals surface area contributed by atoms with Crippen molar-refractivity contribution in [3.63, 3.8) is 0 Å². The van der Waals surface area contributed by atoms with E-state index in [1.165, 1.54) is 77.0 Å². The van der Waals surface area contributed by atoms with E-state index < -0.39 is 0 Å². The minimum Gasteiger partial charge on any atom is -0.375 e. The number of para-hydroxylation sites is 1. The van der Waals surface area contributed by atoms with Crippen LogP contribution in [0.15, 0.2) is 24.3 Å². The Bertz CT molecular complexity index is 600. The summed E-state index contributed by atoms with van der Waals surface area (Å²) < 4.78 is 0. The van der Waals surface area contributed by atoms with Crippen molar-refractivity contribution in [3.8, 4) is 0 Å². The number of likely N-dealkylation sites (N-methyl/N-ethyl adjacent to an activating group) is 1. The lowest BCUT2D eigenvalue weighted by molar-refractivity contribution is 0.255. The number of hydrogen-bond donors (Lipinski definition) is 0. The van der Waals surface area contributed by atoms with E-state index in [0.29, 0.717) is 5.44 Å². The van der Waals surface area contributed by atoms with Crippen LogP contribution in [0.1, 0.15) is 76.2 Å². The lowest BCUT2D eigenvalue weighted by atomic mass is 9.17. The SMILES string of the molecule is CN1c2ccccc2CC1(B1C2CCCC1CCC2)C1CCCCC1. The van der Waals surface area contributed by atoms with Gasteiger partial charge in [-0.15, -0.1) is 0 Å². The summed E-state index contributed by atoms with van der Waals surface area (Å²) in [6, 6.07) is 9.35. The lowest BCUT2D eigenvalue weighted by Gasteiger charge is -2.57. The summed E-state index contributed by atoms with van der Waals surface area (Å²) in [6.45, 7) is 0.954. The van der Waals surface area contributed by atoms with E-state index in [-0.39, 0.29) is 0 Å². The summed E-state index contributed by atoms with van der Waals surface area (Å²) >= 11 is 0. The molecule has 0 radical (unpaired) electrons. The third-order valence-corrected chi connectivity index (χ3v) is 8.66. The van der Waals surface area contributed by atoms with Gasteiger partial charge in [0.15, 0.2) is 6.71 Å². The van der Waals surface area contributed by atoms with Crippen molar-refractivity contribution < 1.29 is 0 Å². The van der Waals surface area contributed by atoms with Crippen molar-refractivity contribution in [1.82, 2.24) is 0 Å². The molecule has 5 rings (SSSR count). The number of nitrogens with zero attached hydrogens (tertiary/aromatic N) is 1. The maximum Gasteiger partial charge on any atom is 0.178 e. The summed E-state index contributed by atoms with van der Waals surface area (Å²) in [5, 5.41) is 0. The van der Waals surface area contributed by atoms with Crippen LogP contribution in [-0.4, -0.2) is 19.2 Å². The maximum atomic E-state index is 2.82. The largest absolute Gasteiger partial charge is 0.375 e. The molecule has 2 bridgehead atoms. The molecule has 2 saturated heterocycles. The quantitative estimate of drug-likeness (QED) is 0.587. The highest BCUT2D eigenvalue weighted by Gasteiger charge is 2.59. The molecule has 1 unspecified atom stereocenters. The van der Waals surface area contributed by atoms with Crippen molar-refractivity contribution in [2.75, 3.05) is 11.9 Å². The van der Waals surface area contributed by atoms with Crippen molar-refractivity contribution in [2.45, 2.75) is 94.1 Å². The predicted molar refractivity (Wildman–Crippen MR) is 109 cm³/mol. The summed E-state index contributed by atoms with van der Waals surface area (Å²) in [5.41, 5.74) is 3.62. The van der Waals surface area contributed by atoms with Crippen LogP contribution in [0.25, 0.3) is 0 Å². The molecule has 0 amide bonds. The molecular weight excluding hydrogens is 301 g/mol. The normalized spacial score (nSPS) is 35.7. The first-order valence-electron chi connectivity index (χ1n) is 11.1. The Morgan fingerprint density at radius 3 is 2.12 bits per heavy atom. The Balaban J connectivity index is 1.60. The zero-order chi connectivity index (χ0) is 16.9. The second-order valence-electron chi connectivity index (χ2n) is 9.60. The van der Waals surface area contributed by atoms with Gasteiger partial charge in [0.25, 0.3) is 0 Å². The Morgan fingerprint density at radius 2 is 1.48 bits per heavy atom. The van der Waals surface area contributed by atoms with Crippen LogP contribution in [0.5, 0.6) is 0 Å². The molecule has 3 aliphatic heterocycles. The lowest BCUT2D eigenvalue weighted by Crippen LogP contribution is -2.66. The van der Waals surface area contributed by atoms with Gasteiger partial charge in [0.05, 0.1) is 0 Å². The minimum absolute atomic E-state index is 0.431. The van der Waals surface area contributed by atoms with E-state index in [1.807, 2.05) is 0 Å². The highest BCUT2D eigenvalue weighted by atomic mass is 15.2.